The summed E-state index contributed by atoms with van der Waals surface area (Å²) in [6.07, 6.45) is 1.82. The number of para-hydroxylation sites is 1. The van der Waals surface area contributed by atoms with E-state index in [0.717, 1.165) is 15.5 Å². The minimum absolute atomic E-state index is 0.0469. The zero-order valence-corrected chi connectivity index (χ0v) is 16.5. The number of imidazole rings is 1. The number of benzene rings is 2. The second-order valence-electron chi connectivity index (χ2n) is 5.81. The van der Waals surface area contributed by atoms with Gasteiger partial charge in [-0.1, -0.05) is 45.9 Å². The molecule has 7 heteroatoms. The molecule has 0 saturated carbocycles. The summed E-state index contributed by atoms with van der Waals surface area (Å²) < 4.78 is 8.33. The molecule has 1 N–H and O–H groups in total. The van der Waals surface area contributed by atoms with E-state index in [0.29, 0.717) is 27.7 Å². The van der Waals surface area contributed by atoms with Gasteiger partial charge in [-0.3, -0.25) is 4.57 Å². The molecule has 0 aliphatic heterocycles. The van der Waals surface area contributed by atoms with Crippen molar-refractivity contribution in [1.29, 1.82) is 0 Å². The minimum atomic E-state index is -0.423. The Kier molecular flexibility index (Phi) is 5.15. The van der Waals surface area contributed by atoms with Crippen molar-refractivity contribution < 1.29 is 9.52 Å². The van der Waals surface area contributed by atoms with E-state index in [1.807, 2.05) is 53.2 Å². The van der Waals surface area contributed by atoms with Crippen molar-refractivity contribution in [3.63, 3.8) is 0 Å². The number of fused-ring (bicyclic) bond motifs is 1. The van der Waals surface area contributed by atoms with Gasteiger partial charge in [0.25, 0.3) is 0 Å². The highest BCUT2D eigenvalue weighted by Gasteiger charge is 2.16. The van der Waals surface area contributed by atoms with E-state index in [2.05, 4.69) is 20.9 Å². The van der Waals surface area contributed by atoms with Gasteiger partial charge in [0.15, 0.2) is 5.16 Å². The molecule has 0 atom stereocenters. The zero-order chi connectivity index (χ0) is 18.8. The Balaban J connectivity index is 1.85. The Hall–Kier alpha value is -2.35. The number of thioether (sulfide) groups is 1. The van der Waals surface area contributed by atoms with Crippen LogP contribution in [-0.2, 0) is 0 Å². The van der Waals surface area contributed by atoms with Gasteiger partial charge in [-0.2, -0.15) is 0 Å². The average Bonchev–Trinajstić information content (AvgIpc) is 3.10. The van der Waals surface area contributed by atoms with Crippen LogP contribution in [0.1, 0.15) is 0 Å². The molecule has 5 nitrogen and oxygen atoms in total. The summed E-state index contributed by atoms with van der Waals surface area (Å²) >= 11 is 4.86. The summed E-state index contributed by atoms with van der Waals surface area (Å²) in [6.45, 7) is 0.0469. The normalized spacial score (nSPS) is 11.2. The van der Waals surface area contributed by atoms with Crippen LogP contribution < -0.4 is 5.63 Å². The van der Waals surface area contributed by atoms with Gasteiger partial charge >= 0.3 is 5.63 Å². The quantitative estimate of drug-likeness (QED) is 0.364. The van der Waals surface area contributed by atoms with Crippen molar-refractivity contribution >= 4 is 38.7 Å². The molecule has 0 bridgehead atoms. The monoisotopic (exact) mass is 442 g/mol. The number of rotatable bonds is 5. The maximum Gasteiger partial charge on any atom is 0.345 e. The van der Waals surface area contributed by atoms with Crippen LogP contribution in [-0.4, -0.2) is 27.0 Å². The number of hydrogen-bond acceptors (Lipinski definition) is 5. The third-order valence-electron chi connectivity index (χ3n) is 4.02. The molecule has 0 aliphatic rings. The number of aliphatic hydroxyl groups excluding tert-OH is 1. The fourth-order valence-corrected chi connectivity index (χ4v) is 3.76. The van der Waals surface area contributed by atoms with E-state index in [1.54, 1.807) is 12.1 Å². The number of hydrogen-bond donors (Lipinski definition) is 1. The molecule has 4 rings (SSSR count). The molecule has 2 aromatic heterocycles. The van der Waals surface area contributed by atoms with Crippen molar-refractivity contribution in [2.24, 2.45) is 0 Å². The highest BCUT2D eigenvalue weighted by molar-refractivity contribution is 9.10. The molecule has 4 aromatic rings. The van der Waals surface area contributed by atoms with Gasteiger partial charge in [0.2, 0.25) is 0 Å². The molecule has 2 heterocycles. The van der Waals surface area contributed by atoms with Crippen LogP contribution in [0.25, 0.3) is 27.9 Å². The van der Waals surface area contributed by atoms with Gasteiger partial charge in [-0.15, -0.1) is 0 Å². The molecule has 0 radical (unpaired) electrons. The maximum atomic E-state index is 12.5. The topological polar surface area (TPSA) is 68.3 Å². The lowest BCUT2D eigenvalue weighted by Gasteiger charge is -2.06. The summed E-state index contributed by atoms with van der Waals surface area (Å²) in [5.41, 5.74) is 2.00. The standard InChI is InChI=1S/C20H15BrN2O3S/c21-14-5-7-15(8-6-14)23-12-17(22-20(23)27-10-9-24)16-11-13-3-1-2-4-18(13)26-19(16)25/h1-8,11-12,24H,9-10H2. The van der Waals surface area contributed by atoms with Gasteiger partial charge < -0.3 is 9.52 Å². The first-order chi connectivity index (χ1) is 13.2. The minimum Gasteiger partial charge on any atom is -0.422 e. The Bertz CT molecular complexity index is 1150. The Morgan fingerprint density at radius 3 is 2.70 bits per heavy atom. The predicted octanol–water partition coefficient (Wildman–Crippen LogP) is 4.49. The van der Waals surface area contributed by atoms with Crippen molar-refractivity contribution in [3.05, 3.63) is 75.7 Å². The molecular formula is C20H15BrN2O3S. The van der Waals surface area contributed by atoms with Crippen LogP contribution in [0.3, 0.4) is 0 Å². The van der Waals surface area contributed by atoms with Crippen LogP contribution in [0.4, 0.5) is 0 Å². The number of nitrogens with zero attached hydrogens (tertiary/aromatic N) is 2. The molecule has 2 aromatic carbocycles. The van der Waals surface area contributed by atoms with E-state index in [4.69, 9.17) is 4.42 Å². The molecule has 27 heavy (non-hydrogen) atoms. The van der Waals surface area contributed by atoms with Gasteiger partial charge in [-0.05, 0) is 36.4 Å². The number of aliphatic hydroxyl groups is 1. The molecule has 0 aliphatic carbocycles. The van der Waals surface area contributed by atoms with E-state index in [1.165, 1.54) is 11.8 Å². The lowest BCUT2D eigenvalue weighted by Crippen LogP contribution is -2.02. The van der Waals surface area contributed by atoms with Gasteiger partial charge in [0.05, 0.1) is 17.9 Å². The highest BCUT2D eigenvalue weighted by Crippen LogP contribution is 2.28. The number of aromatic nitrogens is 2. The smallest absolute Gasteiger partial charge is 0.345 e. The van der Waals surface area contributed by atoms with E-state index in [9.17, 15) is 9.90 Å². The third-order valence-corrected chi connectivity index (χ3v) is 5.48. The highest BCUT2D eigenvalue weighted by atomic mass is 79.9. The van der Waals surface area contributed by atoms with Crippen LogP contribution in [0, 0.1) is 0 Å². The fourth-order valence-electron chi connectivity index (χ4n) is 2.76. The lowest BCUT2D eigenvalue weighted by molar-refractivity contribution is 0.322. The van der Waals surface area contributed by atoms with E-state index < -0.39 is 5.63 Å². The summed E-state index contributed by atoms with van der Waals surface area (Å²) in [6, 6.07) is 17.0. The average molecular weight is 443 g/mol. The first-order valence-electron chi connectivity index (χ1n) is 8.28. The predicted molar refractivity (Wildman–Crippen MR) is 111 cm³/mol. The first kappa shape index (κ1) is 18.0. The van der Waals surface area contributed by atoms with Crippen LogP contribution in [0.5, 0.6) is 0 Å². The van der Waals surface area contributed by atoms with Gasteiger partial charge in [-0.25, -0.2) is 9.78 Å². The molecule has 0 unspecified atom stereocenters. The maximum absolute atomic E-state index is 12.5. The van der Waals surface area contributed by atoms with Gasteiger partial charge in [0.1, 0.15) is 5.58 Å². The Labute approximate surface area is 167 Å². The van der Waals surface area contributed by atoms with Crippen molar-refractivity contribution in [2.75, 3.05) is 12.4 Å². The number of halogens is 1. The molecule has 136 valence electrons. The summed E-state index contributed by atoms with van der Waals surface area (Å²) in [5, 5.41) is 10.7. The molecular weight excluding hydrogens is 428 g/mol. The van der Waals surface area contributed by atoms with Crippen LogP contribution in [0.15, 0.2) is 79.6 Å². The van der Waals surface area contributed by atoms with Crippen molar-refractivity contribution in [3.8, 4) is 16.9 Å². The Morgan fingerprint density at radius 2 is 1.93 bits per heavy atom. The molecule has 0 fully saturated rings. The SMILES string of the molecule is O=c1oc2ccccc2cc1-c1cn(-c2ccc(Br)cc2)c(SCCO)n1. The van der Waals surface area contributed by atoms with Crippen molar-refractivity contribution in [2.45, 2.75) is 5.16 Å². The second-order valence-corrected chi connectivity index (χ2v) is 7.79. The van der Waals surface area contributed by atoms with E-state index in [-0.39, 0.29) is 6.61 Å². The fraction of sp³-hybridized carbons (Fsp3) is 0.100. The summed E-state index contributed by atoms with van der Waals surface area (Å²) in [5.74, 6) is 0.513. The van der Waals surface area contributed by atoms with Crippen molar-refractivity contribution in [1.82, 2.24) is 9.55 Å². The zero-order valence-electron chi connectivity index (χ0n) is 14.1. The third kappa shape index (κ3) is 3.71. The second kappa shape index (κ2) is 7.72. The van der Waals surface area contributed by atoms with E-state index >= 15 is 0 Å². The van der Waals surface area contributed by atoms with Gasteiger partial charge in [0, 0.05) is 27.5 Å². The first-order valence-corrected chi connectivity index (χ1v) is 10.1. The van der Waals surface area contributed by atoms with Crippen LogP contribution >= 0.6 is 27.7 Å². The Morgan fingerprint density at radius 1 is 1.15 bits per heavy atom. The van der Waals surface area contributed by atoms with Crippen LogP contribution in [0.2, 0.25) is 0 Å². The summed E-state index contributed by atoms with van der Waals surface area (Å²) in [4.78, 5) is 17.1. The molecule has 0 spiro atoms. The summed E-state index contributed by atoms with van der Waals surface area (Å²) in [7, 11) is 0. The molecule has 0 saturated heterocycles. The lowest BCUT2D eigenvalue weighted by atomic mass is 10.1. The molecule has 0 amide bonds. The largest absolute Gasteiger partial charge is 0.422 e.